The van der Waals surface area contributed by atoms with Crippen molar-refractivity contribution in [1.82, 2.24) is 0 Å². The predicted molar refractivity (Wildman–Crippen MR) is 128 cm³/mol. The van der Waals surface area contributed by atoms with E-state index < -0.39 is 10.9 Å². The SMILES string of the molecule is Cc1cc(C2=N/C(=C\c3ccc(OCc4ccc([N+](=O)[O-])cc4)cc3)C(=O)O2)ccc1I. The summed E-state index contributed by atoms with van der Waals surface area (Å²) in [6, 6.07) is 19.2. The lowest BCUT2D eigenvalue weighted by atomic mass is 10.1. The number of cyclic esters (lactones) is 1. The summed E-state index contributed by atoms with van der Waals surface area (Å²) in [7, 11) is 0. The number of non-ortho nitro benzene ring substituents is 1. The van der Waals surface area contributed by atoms with Crippen molar-refractivity contribution < 1.29 is 19.2 Å². The third kappa shape index (κ3) is 5.02. The first-order valence-electron chi connectivity index (χ1n) is 9.64. The lowest BCUT2D eigenvalue weighted by Crippen LogP contribution is -2.05. The number of rotatable bonds is 6. The van der Waals surface area contributed by atoms with Crippen molar-refractivity contribution in [3.63, 3.8) is 0 Å². The highest BCUT2D eigenvalue weighted by atomic mass is 127. The number of hydrogen-bond donors (Lipinski definition) is 0. The number of esters is 1. The standard InChI is InChI=1S/C24H17IN2O5/c1-15-12-18(6-11-21(15)25)23-26-22(24(28)32-23)13-16-4-9-20(10-5-16)31-14-17-2-7-19(8-3-17)27(29)30/h2-13H,14H2,1H3/b22-13-. The smallest absolute Gasteiger partial charge is 0.363 e. The maximum Gasteiger partial charge on any atom is 0.363 e. The van der Waals surface area contributed by atoms with Crippen LogP contribution in [0.25, 0.3) is 6.08 Å². The van der Waals surface area contributed by atoms with Crippen LogP contribution in [0.5, 0.6) is 5.75 Å². The van der Waals surface area contributed by atoms with Crippen molar-refractivity contribution in [2.45, 2.75) is 13.5 Å². The fraction of sp³-hybridized carbons (Fsp3) is 0.0833. The van der Waals surface area contributed by atoms with Crippen molar-refractivity contribution in [2.75, 3.05) is 0 Å². The lowest BCUT2D eigenvalue weighted by Gasteiger charge is -2.06. The minimum Gasteiger partial charge on any atom is -0.489 e. The molecule has 0 spiro atoms. The molecule has 0 bridgehead atoms. The van der Waals surface area contributed by atoms with E-state index in [-0.39, 0.29) is 18.0 Å². The van der Waals surface area contributed by atoms with E-state index in [0.29, 0.717) is 11.6 Å². The molecule has 1 heterocycles. The van der Waals surface area contributed by atoms with E-state index in [1.165, 1.54) is 12.1 Å². The molecule has 32 heavy (non-hydrogen) atoms. The number of aryl methyl sites for hydroxylation is 1. The fourth-order valence-electron chi connectivity index (χ4n) is 3.01. The Kier molecular flexibility index (Phi) is 6.31. The molecule has 8 heteroatoms. The molecule has 1 aliphatic rings. The van der Waals surface area contributed by atoms with Gasteiger partial charge >= 0.3 is 5.97 Å². The van der Waals surface area contributed by atoms with Crippen molar-refractivity contribution in [3.05, 3.63) is 108 Å². The molecular weight excluding hydrogens is 523 g/mol. The zero-order chi connectivity index (χ0) is 22.7. The average Bonchev–Trinajstić information content (AvgIpc) is 3.15. The minimum absolute atomic E-state index is 0.0412. The number of nitro benzene ring substituents is 1. The van der Waals surface area contributed by atoms with Crippen LogP contribution in [0.1, 0.15) is 22.3 Å². The second-order valence-corrected chi connectivity index (χ2v) is 8.24. The van der Waals surface area contributed by atoms with Gasteiger partial charge in [-0.15, -0.1) is 0 Å². The molecule has 160 valence electrons. The molecule has 1 aliphatic heterocycles. The number of hydrogen-bond acceptors (Lipinski definition) is 6. The topological polar surface area (TPSA) is 91.0 Å². The van der Waals surface area contributed by atoms with E-state index in [4.69, 9.17) is 9.47 Å². The summed E-state index contributed by atoms with van der Waals surface area (Å²) in [6.45, 7) is 2.28. The van der Waals surface area contributed by atoms with Gasteiger partial charge in [-0.1, -0.05) is 12.1 Å². The highest BCUT2D eigenvalue weighted by Gasteiger charge is 2.24. The van der Waals surface area contributed by atoms with Crippen LogP contribution in [0.4, 0.5) is 5.69 Å². The van der Waals surface area contributed by atoms with E-state index in [1.54, 1.807) is 30.3 Å². The van der Waals surface area contributed by atoms with Crippen LogP contribution in [-0.2, 0) is 16.1 Å². The Morgan fingerprint density at radius 2 is 1.81 bits per heavy atom. The quantitative estimate of drug-likeness (QED) is 0.137. The van der Waals surface area contributed by atoms with E-state index in [0.717, 1.165) is 25.8 Å². The fourth-order valence-corrected chi connectivity index (χ4v) is 3.34. The molecule has 7 nitrogen and oxygen atoms in total. The summed E-state index contributed by atoms with van der Waals surface area (Å²) in [5.74, 6) is 0.441. The van der Waals surface area contributed by atoms with Gasteiger partial charge in [0.15, 0.2) is 5.70 Å². The van der Waals surface area contributed by atoms with E-state index in [9.17, 15) is 14.9 Å². The summed E-state index contributed by atoms with van der Waals surface area (Å²) in [5.41, 5.74) is 3.72. The molecule has 0 N–H and O–H groups in total. The van der Waals surface area contributed by atoms with Gasteiger partial charge in [-0.3, -0.25) is 10.1 Å². The van der Waals surface area contributed by atoms with Crippen LogP contribution in [0.15, 0.2) is 77.4 Å². The number of nitrogens with zero attached hydrogens (tertiary/aromatic N) is 2. The van der Waals surface area contributed by atoms with Crippen molar-refractivity contribution in [1.29, 1.82) is 0 Å². The Labute approximate surface area is 197 Å². The maximum atomic E-state index is 12.2. The Morgan fingerprint density at radius 1 is 1.09 bits per heavy atom. The number of benzene rings is 3. The minimum atomic E-state index is -0.491. The number of carbonyl (C=O) groups is 1. The zero-order valence-electron chi connectivity index (χ0n) is 16.9. The number of carbonyl (C=O) groups excluding carboxylic acids is 1. The Bertz CT molecular complexity index is 1250. The molecule has 0 fully saturated rings. The second kappa shape index (κ2) is 9.31. The summed E-state index contributed by atoms with van der Waals surface area (Å²) in [5, 5.41) is 10.7. The van der Waals surface area contributed by atoms with Crippen molar-refractivity contribution in [2.24, 2.45) is 4.99 Å². The van der Waals surface area contributed by atoms with Gasteiger partial charge in [0, 0.05) is 21.3 Å². The van der Waals surface area contributed by atoms with Gasteiger partial charge in [-0.25, -0.2) is 9.79 Å². The van der Waals surface area contributed by atoms with Crippen molar-refractivity contribution >= 4 is 46.2 Å². The molecule has 4 rings (SSSR count). The van der Waals surface area contributed by atoms with Gasteiger partial charge < -0.3 is 9.47 Å². The van der Waals surface area contributed by atoms with E-state index in [2.05, 4.69) is 27.6 Å². The van der Waals surface area contributed by atoms with Crippen LogP contribution >= 0.6 is 22.6 Å². The first-order chi connectivity index (χ1) is 15.4. The van der Waals surface area contributed by atoms with Gasteiger partial charge in [0.25, 0.3) is 5.69 Å². The molecule has 0 aliphatic carbocycles. The summed E-state index contributed by atoms with van der Waals surface area (Å²) < 4.78 is 12.2. The third-order valence-electron chi connectivity index (χ3n) is 4.76. The molecule has 0 radical (unpaired) electrons. The van der Waals surface area contributed by atoms with Gasteiger partial charge in [-0.2, -0.15) is 0 Å². The first kappa shape index (κ1) is 21.7. The Hall–Kier alpha value is -3.53. The second-order valence-electron chi connectivity index (χ2n) is 7.08. The normalized spacial score (nSPS) is 14.2. The maximum absolute atomic E-state index is 12.2. The van der Waals surface area contributed by atoms with Gasteiger partial charge in [0.2, 0.25) is 5.90 Å². The molecule has 0 unspecified atom stereocenters. The monoisotopic (exact) mass is 540 g/mol. The predicted octanol–water partition coefficient (Wildman–Crippen LogP) is 5.43. The zero-order valence-corrected chi connectivity index (χ0v) is 19.1. The van der Waals surface area contributed by atoms with Gasteiger partial charge in [-0.05, 0) is 94.7 Å². The molecule has 0 atom stereocenters. The Morgan fingerprint density at radius 3 is 2.47 bits per heavy atom. The van der Waals surface area contributed by atoms with Crippen LogP contribution in [0.2, 0.25) is 0 Å². The molecule has 0 amide bonds. The van der Waals surface area contributed by atoms with Gasteiger partial charge in [0.1, 0.15) is 12.4 Å². The van der Waals surface area contributed by atoms with Crippen molar-refractivity contribution in [3.8, 4) is 5.75 Å². The summed E-state index contributed by atoms with van der Waals surface area (Å²) in [6.07, 6.45) is 1.66. The molecule has 0 aromatic heterocycles. The average molecular weight is 540 g/mol. The molecule has 0 saturated heterocycles. The summed E-state index contributed by atoms with van der Waals surface area (Å²) >= 11 is 2.25. The van der Waals surface area contributed by atoms with Crippen LogP contribution in [0, 0.1) is 20.6 Å². The molecule has 3 aromatic carbocycles. The number of nitro groups is 1. The summed E-state index contributed by atoms with van der Waals surface area (Å²) in [4.78, 5) is 26.9. The number of ether oxygens (including phenoxy) is 2. The van der Waals surface area contributed by atoms with Crippen LogP contribution in [0.3, 0.4) is 0 Å². The largest absolute Gasteiger partial charge is 0.489 e. The Balaban J connectivity index is 1.43. The van der Waals surface area contributed by atoms with Crippen LogP contribution < -0.4 is 4.74 Å². The number of aliphatic imine (C=N–C) groups is 1. The first-order valence-corrected chi connectivity index (χ1v) is 10.7. The van der Waals surface area contributed by atoms with Crippen LogP contribution in [-0.4, -0.2) is 16.8 Å². The van der Waals surface area contributed by atoms with E-state index in [1.807, 2.05) is 37.3 Å². The third-order valence-corrected chi connectivity index (χ3v) is 5.97. The highest BCUT2D eigenvalue weighted by molar-refractivity contribution is 14.1. The molecule has 3 aromatic rings. The van der Waals surface area contributed by atoms with Gasteiger partial charge in [0.05, 0.1) is 4.92 Å². The molecular formula is C24H17IN2O5. The molecule has 0 saturated carbocycles. The highest BCUT2D eigenvalue weighted by Crippen LogP contribution is 2.23. The van der Waals surface area contributed by atoms with E-state index >= 15 is 0 Å². The number of halogens is 1. The lowest BCUT2D eigenvalue weighted by molar-refractivity contribution is -0.384.